The molecular weight excluding hydrogens is 220 g/mol. The zero-order valence-corrected chi connectivity index (χ0v) is 9.39. The summed E-state index contributed by atoms with van der Waals surface area (Å²) in [6.45, 7) is 0. The monoisotopic (exact) mass is 228 g/mol. The van der Waals surface area contributed by atoms with Crippen LogP contribution in [0.15, 0.2) is 22.6 Å². The number of amides is 1. The second-order valence-corrected chi connectivity index (χ2v) is 3.54. The molecule has 0 aliphatic heterocycles. The van der Waals surface area contributed by atoms with E-state index in [2.05, 4.69) is 16.8 Å². The fourth-order valence-corrected chi connectivity index (χ4v) is 1.34. The van der Waals surface area contributed by atoms with Crippen LogP contribution < -0.4 is 0 Å². The molecule has 0 fully saturated rings. The molecule has 0 atom stereocenters. The van der Waals surface area contributed by atoms with E-state index >= 15 is 0 Å². The predicted molar refractivity (Wildman–Crippen MR) is 58.9 cm³/mol. The molecule has 1 amide bonds. The van der Waals surface area contributed by atoms with Crippen LogP contribution in [0.1, 0.15) is 10.4 Å². The van der Waals surface area contributed by atoms with Crippen LogP contribution in [0, 0.1) is 0 Å². The van der Waals surface area contributed by atoms with Gasteiger partial charge in [-0.25, -0.2) is 0 Å². The first-order valence-corrected chi connectivity index (χ1v) is 4.65. The number of hydrogen-bond donors (Lipinski definition) is 0. The Hall–Kier alpha value is -1.00. The molecule has 0 saturated heterocycles. The minimum atomic E-state index is -0.133. The minimum Gasteiger partial charge on any atom is -0.345 e. The molecule has 1 aromatic rings. The highest BCUT2D eigenvalue weighted by molar-refractivity contribution is 7.47. The average molecular weight is 229 g/mol. The summed E-state index contributed by atoms with van der Waals surface area (Å²) in [5, 5.41) is 0.370. The van der Waals surface area contributed by atoms with Crippen molar-refractivity contribution in [2.75, 3.05) is 14.1 Å². The summed E-state index contributed by atoms with van der Waals surface area (Å²) in [5.41, 5.74) is 1.04. The molecule has 0 aliphatic rings. The second-order valence-electron chi connectivity index (χ2n) is 2.96. The first-order valence-electron chi connectivity index (χ1n) is 3.91. The van der Waals surface area contributed by atoms with Gasteiger partial charge in [0, 0.05) is 26.5 Å². The number of nitrogens with zero attached hydrogens (tertiary/aromatic N) is 2. The van der Waals surface area contributed by atoms with Gasteiger partial charge in [0.05, 0.1) is 16.3 Å². The highest BCUT2D eigenvalue weighted by Gasteiger charge is 2.12. The largest absolute Gasteiger partial charge is 0.345 e. The lowest BCUT2D eigenvalue weighted by molar-refractivity contribution is 0.0828. The maximum absolute atomic E-state index is 11.5. The van der Waals surface area contributed by atoms with Crippen LogP contribution in [-0.4, -0.2) is 24.9 Å². The Morgan fingerprint density at radius 2 is 2.14 bits per heavy atom. The van der Waals surface area contributed by atoms with E-state index in [9.17, 15) is 4.79 Å². The highest BCUT2D eigenvalue weighted by atomic mass is 35.5. The number of carbonyl (C=O) groups excluding carboxylic acids is 1. The fraction of sp³-hybridized carbons (Fsp3) is 0.222. The van der Waals surface area contributed by atoms with E-state index in [1.54, 1.807) is 32.3 Å². The van der Waals surface area contributed by atoms with Crippen LogP contribution in [0.3, 0.4) is 0 Å². The van der Waals surface area contributed by atoms with Crippen molar-refractivity contribution >= 4 is 35.6 Å². The van der Waals surface area contributed by atoms with Crippen molar-refractivity contribution in [1.82, 2.24) is 4.90 Å². The van der Waals surface area contributed by atoms with Crippen molar-refractivity contribution in [1.29, 1.82) is 0 Å². The molecule has 14 heavy (non-hydrogen) atoms. The van der Waals surface area contributed by atoms with Crippen molar-refractivity contribution < 1.29 is 4.79 Å². The Bertz CT molecular complexity index is 379. The molecule has 0 aliphatic carbocycles. The van der Waals surface area contributed by atoms with E-state index in [4.69, 9.17) is 11.6 Å². The molecule has 0 heterocycles. The minimum absolute atomic E-state index is 0.133. The molecule has 0 unspecified atom stereocenters. The zero-order valence-electron chi connectivity index (χ0n) is 7.82. The molecule has 0 radical (unpaired) electrons. The smallest absolute Gasteiger partial charge is 0.254 e. The number of benzene rings is 1. The lowest BCUT2D eigenvalue weighted by Gasteiger charge is -2.11. The molecule has 0 N–H and O–H groups in total. The lowest BCUT2D eigenvalue weighted by Crippen LogP contribution is -2.21. The van der Waals surface area contributed by atoms with E-state index in [1.807, 2.05) is 0 Å². The summed E-state index contributed by atoms with van der Waals surface area (Å²) >= 11 is 10.4. The van der Waals surface area contributed by atoms with Crippen molar-refractivity contribution in [3.8, 4) is 0 Å². The predicted octanol–water partition coefficient (Wildman–Crippen LogP) is 2.40. The van der Waals surface area contributed by atoms with Gasteiger partial charge in [-0.1, -0.05) is 11.6 Å². The summed E-state index contributed by atoms with van der Waals surface area (Å²) in [6, 6.07) is 4.86. The van der Waals surface area contributed by atoms with Gasteiger partial charge in [0.1, 0.15) is 0 Å². The normalized spacial score (nSPS) is 9.64. The Morgan fingerprint density at radius 1 is 1.50 bits per heavy atom. The third kappa shape index (κ3) is 2.27. The molecule has 0 aromatic heterocycles. The maximum Gasteiger partial charge on any atom is 0.254 e. The van der Waals surface area contributed by atoms with Crippen LogP contribution in [0.5, 0.6) is 0 Å². The summed E-state index contributed by atoms with van der Waals surface area (Å²) < 4.78 is 3.55. The van der Waals surface area contributed by atoms with Gasteiger partial charge in [-0.2, -0.15) is 4.36 Å². The van der Waals surface area contributed by atoms with Gasteiger partial charge < -0.3 is 4.90 Å². The van der Waals surface area contributed by atoms with Gasteiger partial charge in [-0.15, -0.1) is 0 Å². The average Bonchev–Trinajstić information content (AvgIpc) is 2.16. The fourth-order valence-electron chi connectivity index (χ4n) is 0.975. The van der Waals surface area contributed by atoms with Crippen LogP contribution in [0.2, 0.25) is 5.02 Å². The molecule has 0 bridgehead atoms. The Balaban J connectivity index is 3.12. The third-order valence-electron chi connectivity index (χ3n) is 1.69. The highest BCUT2D eigenvalue weighted by Crippen LogP contribution is 2.23. The van der Waals surface area contributed by atoms with Crippen molar-refractivity contribution in [2.24, 2.45) is 4.36 Å². The number of hydrogen-bond acceptors (Lipinski definition) is 3. The molecule has 3 nitrogen and oxygen atoms in total. The van der Waals surface area contributed by atoms with Crippen LogP contribution in [0.25, 0.3) is 0 Å². The lowest BCUT2D eigenvalue weighted by atomic mass is 10.2. The quantitative estimate of drug-likeness (QED) is 0.779. The summed E-state index contributed by atoms with van der Waals surface area (Å²) in [4.78, 5) is 13.0. The second kappa shape index (κ2) is 4.48. The SMILES string of the molecule is CN(C)C(=O)c1ccc(N=S)cc1Cl. The van der Waals surface area contributed by atoms with Gasteiger partial charge in [-0.3, -0.25) is 4.79 Å². The topological polar surface area (TPSA) is 32.7 Å². The molecule has 1 rings (SSSR count). The zero-order chi connectivity index (χ0) is 10.7. The first kappa shape index (κ1) is 11.1. The standard InChI is InChI=1S/C9H9ClN2OS/c1-12(2)9(13)7-4-3-6(11-14)5-8(7)10/h3-5H,1-2H3. The molecule has 0 saturated carbocycles. The van der Waals surface area contributed by atoms with E-state index in [0.717, 1.165) is 0 Å². The van der Waals surface area contributed by atoms with Crippen molar-refractivity contribution in [3.63, 3.8) is 0 Å². The number of rotatable bonds is 2. The van der Waals surface area contributed by atoms with Gasteiger partial charge in [0.2, 0.25) is 0 Å². The number of halogens is 1. The molecule has 0 spiro atoms. The molecule has 1 aromatic carbocycles. The van der Waals surface area contributed by atoms with Gasteiger partial charge >= 0.3 is 0 Å². The van der Waals surface area contributed by atoms with Crippen LogP contribution in [0.4, 0.5) is 5.69 Å². The van der Waals surface area contributed by atoms with Crippen LogP contribution >= 0.6 is 11.6 Å². The van der Waals surface area contributed by atoms with Crippen molar-refractivity contribution in [2.45, 2.75) is 0 Å². The third-order valence-corrected chi connectivity index (χ3v) is 2.22. The van der Waals surface area contributed by atoms with Gasteiger partial charge in [0.25, 0.3) is 5.91 Å². The molecule has 74 valence electrons. The maximum atomic E-state index is 11.5. The summed E-state index contributed by atoms with van der Waals surface area (Å²) in [7, 11) is 3.34. The Kier molecular flexibility index (Phi) is 3.55. The van der Waals surface area contributed by atoms with E-state index in [1.165, 1.54) is 4.90 Å². The Morgan fingerprint density at radius 3 is 2.57 bits per heavy atom. The van der Waals surface area contributed by atoms with E-state index in [-0.39, 0.29) is 5.91 Å². The first-order chi connectivity index (χ1) is 6.56. The van der Waals surface area contributed by atoms with Crippen LogP contribution in [-0.2, 0) is 12.4 Å². The molecule has 5 heteroatoms. The number of carbonyl (C=O) groups is 1. The van der Waals surface area contributed by atoms with Gasteiger partial charge in [0.15, 0.2) is 0 Å². The van der Waals surface area contributed by atoms with Crippen molar-refractivity contribution in [3.05, 3.63) is 28.8 Å². The van der Waals surface area contributed by atoms with E-state index < -0.39 is 0 Å². The van der Waals surface area contributed by atoms with Gasteiger partial charge in [-0.05, 0) is 18.2 Å². The summed E-state index contributed by atoms with van der Waals surface area (Å²) in [5.74, 6) is -0.133. The Labute approximate surface area is 92.8 Å². The van der Waals surface area contributed by atoms with E-state index in [0.29, 0.717) is 16.3 Å². The molecular formula is C9H9ClN2OS. The summed E-state index contributed by atoms with van der Waals surface area (Å²) in [6.07, 6.45) is 0.